The van der Waals surface area contributed by atoms with Gasteiger partial charge in [-0.2, -0.15) is 0 Å². The second-order valence-corrected chi connectivity index (χ2v) is 8.71. The number of aliphatic carboxylic acids is 1. The van der Waals surface area contributed by atoms with Crippen molar-refractivity contribution in [2.45, 2.75) is 108 Å². The summed E-state index contributed by atoms with van der Waals surface area (Å²) in [4.78, 5) is 10.6. The van der Waals surface area contributed by atoms with Crippen LogP contribution in [0.3, 0.4) is 0 Å². The SMILES string of the molecule is CCCCCCCC(CC[C@@H]1[C@@H](C/C=C\CCCC(=O)O)[C@@H](O)C[C@H]1O)(OC)OC. The van der Waals surface area contributed by atoms with Crippen LogP contribution in [-0.4, -0.2) is 53.5 Å². The van der Waals surface area contributed by atoms with Crippen molar-refractivity contribution in [1.29, 1.82) is 0 Å². The van der Waals surface area contributed by atoms with E-state index in [1.165, 1.54) is 25.7 Å². The number of unbranched alkanes of at least 4 members (excludes halogenated alkanes) is 5. The third kappa shape index (κ3) is 9.46. The molecule has 1 fully saturated rings. The summed E-state index contributed by atoms with van der Waals surface area (Å²) in [5.74, 6) is -1.39. The molecule has 1 rings (SSSR count). The maximum Gasteiger partial charge on any atom is 0.303 e. The van der Waals surface area contributed by atoms with E-state index >= 15 is 0 Å². The number of carbonyl (C=O) groups is 1. The van der Waals surface area contributed by atoms with Gasteiger partial charge in [0.1, 0.15) is 0 Å². The normalized spacial score (nSPS) is 24.7. The number of carboxylic acid groups (broad SMARTS) is 1. The first-order valence-electron chi connectivity index (χ1n) is 11.7. The van der Waals surface area contributed by atoms with Gasteiger partial charge in [-0.1, -0.05) is 44.8 Å². The molecule has 0 amide bonds. The minimum absolute atomic E-state index is 0.00619. The molecule has 176 valence electrons. The van der Waals surface area contributed by atoms with E-state index in [1.807, 2.05) is 12.2 Å². The summed E-state index contributed by atoms with van der Waals surface area (Å²) in [5, 5.41) is 29.6. The van der Waals surface area contributed by atoms with E-state index < -0.39 is 24.0 Å². The van der Waals surface area contributed by atoms with E-state index in [0.717, 1.165) is 25.7 Å². The van der Waals surface area contributed by atoms with Crippen molar-refractivity contribution in [3.05, 3.63) is 12.2 Å². The molecule has 1 aliphatic carbocycles. The van der Waals surface area contributed by atoms with Gasteiger partial charge < -0.3 is 24.8 Å². The Hall–Kier alpha value is -0.950. The zero-order valence-electron chi connectivity index (χ0n) is 19.2. The number of ether oxygens (including phenoxy) is 2. The van der Waals surface area contributed by atoms with Gasteiger partial charge in [0.05, 0.1) is 12.2 Å². The first-order chi connectivity index (χ1) is 14.4. The van der Waals surface area contributed by atoms with Gasteiger partial charge in [-0.3, -0.25) is 4.79 Å². The molecule has 0 aromatic heterocycles. The van der Waals surface area contributed by atoms with E-state index in [-0.39, 0.29) is 18.3 Å². The highest BCUT2D eigenvalue weighted by atomic mass is 16.7. The molecule has 0 unspecified atom stereocenters. The standard InChI is InChI=1S/C24H44O6/c1-4-5-6-9-12-16-24(29-2,30-3)17-15-20-19(21(25)18-22(20)26)13-10-7-8-11-14-23(27)28/h7,10,19-22,25-26H,4-6,8-9,11-18H2,1-3H3,(H,27,28)/b10-7-/t19-,20-,21+,22-/m1/s1. The molecular formula is C24H44O6. The third-order valence-corrected chi connectivity index (χ3v) is 6.62. The van der Waals surface area contributed by atoms with Crippen molar-refractivity contribution in [3.63, 3.8) is 0 Å². The first kappa shape index (κ1) is 27.1. The number of allylic oxidation sites excluding steroid dienone is 2. The molecule has 3 N–H and O–H groups in total. The minimum Gasteiger partial charge on any atom is -0.481 e. The van der Waals surface area contributed by atoms with Gasteiger partial charge in [-0.05, 0) is 50.4 Å². The summed E-state index contributed by atoms with van der Waals surface area (Å²) < 4.78 is 11.5. The van der Waals surface area contributed by atoms with Crippen molar-refractivity contribution >= 4 is 5.97 Å². The van der Waals surface area contributed by atoms with Crippen LogP contribution in [0.5, 0.6) is 0 Å². The average Bonchev–Trinajstić information content (AvgIpc) is 2.99. The highest BCUT2D eigenvalue weighted by Crippen LogP contribution is 2.40. The van der Waals surface area contributed by atoms with E-state index in [1.54, 1.807) is 14.2 Å². The summed E-state index contributed by atoms with van der Waals surface area (Å²) in [6, 6.07) is 0. The Bertz CT molecular complexity index is 488. The quantitative estimate of drug-likeness (QED) is 0.177. The van der Waals surface area contributed by atoms with Crippen LogP contribution in [0.2, 0.25) is 0 Å². The number of rotatable bonds is 17. The van der Waals surface area contributed by atoms with Crippen LogP contribution >= 0.6 is 0 Å². The molecule has 0 radical (unpaired) electrons. The molecule has 0 aromatic rings. The Morgan fingerprint density at radius 3 is 2.27 bits per heavy atom. The van der Waals surface area contributed by atoms with Gasteiger partial charge in [-0.15, -0.1) is 0 Å². The Kier molecular flexibility index (Phi) is 13.5. The lowest BCUT2D eigenvalue weighted by Crippen LogP contribution is -2.35. The summed E-state index contributed by atoms with van der Waals surface area (Å²) in [6.45, 7) is 2.21. The van der Waals surface area contributed by atoms with Gasteiger partial charge in [0.15, 0.2) is 5.79 Å². The van der Waals surface area contributed by atoms with Crippen LogP contribution in [-0.2, 0) is 14.3 Å². The molecule has 4 atom stereocenters. The Labute approximate surface area is 182 Å². The first-order valence-corrected chi connectivity index (χ1v) is 11.7. The molecule has 0 aromatic carbocycles. The fourth-order valence-electron chi connectivity index (χ4n) is 4.65. The van der Waals surface area contributed by atoms with Gasteiger partial charge in [0, 0.05) is 33.5 Å². The number of carboxylic acids is 1. The predicted molar refractivity (Wildman–Crippen MR) is 118 cm³/mol. The van der Waals surface area contributed by atoms with Crippen LogP contribution < -0.4 is 0 Å². The zero-order valence-corrected chi connectivity index (χ0v) is 19.2. The fourth-order valence-corrected chi connectivity index (χ4v) is 4.65. The predicted octanol–water partition coefficient (Wildman–Crippen LogP) is 4.68. The lowest BCUT2D eigenvalue weighted by atomic mass is 9.85. The molecular weight excluding hydrogens is 384 g/mol. The van der Waals surface area contributed by atoms with Gasteiger partial charge >= 0.3 is 5.97 Å². The lowest BCUT2D eigenvalue weighted by Gasteiger charge is -2.33. The molecule has 0 heterocycles. The maximum absolute atomic E-state index is 10.6. The molecule has 0 saturated heterocycles. The molecule has 1 aliphatic rings. The second-order valence-electron chi connectivity index (χ2n) is 8.71. The molecule has 6 nitrogen and oxygen atoms in total. The van der Waals surface area contributed by atoms with Crippen LogP contribution in [0.4, 0.5) is 0 Å². The summed E-state index contributed by atoms with van der Waals surface area (Å²) in [5.41, 5.74) is 0. The Morgan fingerprint density at radius 2 is 1.63 bits per heavy atom. The monoisotopic (exact) mass is 428 g/mol. The van der Waals surface area contributed by atoms with E-state index in [4.69, 9.17) is 14.6 Å². The van der Waals surface area contributed by atoms with Crippen molar-refractivity contribution in [2.24, 2.45) is 11.8 Å². The number of hydrogen-bond acceptors (Lipinski definition) is 5. The number of aliphatic hydroxyl groups excluding tert-OH is 2. The highest BCUT2D eigenvalue weighted by molar-refractivity contribution is 5.66. The third-order valence-electron chi connectivity index (χ3n) is 6.62. The minimum atomic E-state index is -0.775. The molecule has 30 heavy (non-hydrogen) atoms. The van der Waals surface area contributed by atoms with Crippen molar-refractivity contribution in [2.75, 3.05) is 14.2 Å². The van der Waals surface area contributed by atoms with Gasteiger partial charge in [-0.25, -0.2) is 0 Å². The lowest BCUT2D eigenvalue weighted by molar-refractivity contribution is -0.218. The topological polar surface area (TPSA) is 96.2 Å². The molecule has 1 saturated carbocycles. The molecule has 0 spiro atoms. The van der Waals surface area contributed by atoms with Crippen LogP contribution in [0.25, 0.3) is 0 Å². The second kappa shape index (κ2) is 15.0. The summed E-state index contributed by atoms with van der Waals surface area (Å²) in [7, 11) is 3.37. The fraction of sp³-hybridized carbons (Fsp3) is 0.875. The number of methoxy groups -OCH3 is 2. The smallest absolute Gasteiger partial charge is 0.303 e. The van der Waals surface area contributed by atoms with Crippen LogP contribution in [0.1, 0.15) is 90.4 Å². The Balaban J connectivity index is 2.56. The van der Waals surface area contributed by atoms with Gasteiger partial charge in [0.2, 0.25) is 0 Å². The van der Waals surface area contributed by atoms with Gasteiger partial charge in [0.25, 0.3) is 0 Å². The van der Waals surface area contributed by atoms with E-state index in [2.05, 4.69) is 6.92 Å². The van der Waals surface area contributed by atoms with Crippen LogP contribution in [0.15, 0.2) is 12.2 Å². The highest BCUT2D eigenvalue weighted by Gasteiger charge is 2.42. The zero-order chi connectivity index (χ0) is 22.4. The van der Waals surface area contributed by atoms with E-state index in [9.17, 15) is 15.0 Å². The van der Waals surface area contributed by atoms with Crippen molar-refractivity contribution in [1.82, 2.24) is 0 Å². The molecule has 6 heteroatoms. The summed E-state index contributed by atoms with van der Waals surface area (Å²) >= 11 is 0. The van der Waals surface area contributed by atoms with E-state index in [0.29, 0.717) is 25.7 Å². The Morgan fingerprint density at radius 1 is 0.967 bits per heavy atom. The number of aliphatic hydroxyl groups is 2. The van der Waals surface area contributed by atoms with Crippen molar-refractivity contribution in [3.8, 4) is 0 Å². The van der Waals surface area contributed by atoms with Crippen molar-refractivity contribution < 1.29 is 29.6 Å². The molecule has 0 bridgehead atoms. The number of hydrogen-bond donors (Lipinski definition) is 3. The average molecular weight is 429 g/mol. The summed E-state index contributed by atoms with van der Waals surface area (Å²) in [6.07, 6.45) is 13.8. The maximum atomic E-state index is 10.6. The molecule has 0 aliphatic heterocycles. The largest absolute Gasteiger partial charge is 0.481 e. The van der Waals surface area contributed by atoms with Crippen LogP contribution in [0, 0.1) is 11.8 Å².